The minimum Gasteiger partial charge on any atom is -0.355 e. The van der Waals surface area contributed by atoms with Crippen molar-refractivity contribution in [1.82, 2.24) is 19.9 Å². The minimum absolute atomic E-state index is 0.923. The molecule has 4 nitrogen and oxygen atoms in total. The molecule has 148 valence electrons. The first kappa shape index (κ1) is 17.7. The maximum atomic E-state index is 4.78. The summed E-state index contributed by atoms with van der Waals surface area (Å²) in [6.45, 7) is 2.11. The summed E-state index contributed by atoms with van der Waals surface area (Å²) >= 11 is 0. The molecular formula is C27H20N4. The van der Waals surface area contributed by atoms with Gasteiger partial charge < -0.3 is 9.97 Å². The molecule has 0 saturated carbocycles. The highest BCUT2D eigenvalue weighted by atomic mass is 14.8. The molecule has 0 fully saturated rings. The van der Waals surface area contributed by atoms with Gasteiger partial charge in [0.25, 0.3) is 0 Å². The van der Waals surface area contributed by atoms with Crippen LogP contribution in [-0.2, 0) is 0 Å². The van der Waals surface area contributed by atoms with Crippen LogP contribution < -0.4 is 0 Å². The van der Waals surface area contributed by atoms with Crippen LogP contribution in [0.2, 0.25) is 0 Å². The van der Waals surface area contributed by atoms with Crippen molar-refractivity contribution < 1.29 is 0 Å². The van der Waals surface area contributed by atoms with Crippen LogP contribution in [0.25, 0.3) is 57.5 Å². The van der Waals surface area contributed by atoms with Gasteiger partial charge in [-0.3, -0.25) is 0 Å². The van der Waals surface area contributed by atoms with Crippen LogP contribution in [0, 0.1) is 6.92 Å². The van der Waals surface area contributed by atoms with Gasteiger partial charge in [-0.05, 0) is 79.3 Å². The Bertz CT molecular complexity index is 1530. The number of hydrogen-bond donors (Lipinski definition) is 2. The summed E-state index contributed by atoms with van der Waals surface area (Å²) in [7, 11) is 0. The van der Waals surface area contributed by atoms with Crippen molar-refractivity contribution in [2.75, 3.05) is 0 Å². The van der Waals surface area contributed by atoms with E-state index in [9.17, 15) is 0 Å². The van der Waals surface area contributed by atoms with Gasteiger partial charge in [0.15, 0.2) is 0 Å². The third-order valence-corrected chi connectivity index (χ3v) is 5.53. The van der Waals surface area contributed by atoms with Crippen molar-refractivity contribution in [3.8, 4) is 11.1 Å². The van der Waals surface area contributed by atoms with Crippen molar-refractivity contribution in [2.24, 2.45) is 0 Å². The Morgan fingerprint density at radius 3 is 1.71 bits per heavy atom. The number of aromatic nitrogens is 4. The number of aromatic amines is 2. The molecule has 0 amide bonds. The molecule has 0 spiro atoms. The summed E-state index contributed by atoms with van der Waals surface area (Å²) in [5, 5.41) is 0. The lowest BCUT2D eigenvalue weighted by Gasteiger charge is -1.99. The molecule has 2 aliphatic heterocycles. The Hall–Kier alpha value is -4.18. The summed E-state index contributed by atoms with van der Waals surface area (Å²) in [4.78, 5) is 16.5. The lowest BCUT2D eigenvalue weighted by atomic mass is 10.1. The fourth-order valence-corrected chi connectivity index (χ4v) is 3.99. The zero-order valence-electron chi connectivity index (χ0n) is 17.1. The van der Waals surface area contributed by atoms with Gasteiger partial charge in [-0.1, -0.05) is 29.8 Å². The predicted molar refractivity (Wildman–Crippen MR) is 129 cm³/mol. The summed E-state index contributed by atoms with van der Waals surface area (Å²) in [5.74, 6) is 0. The van der Waals surface area contributed by atoms with Crippen LogP contribution in [0.5, 0.6) is 0 Å². The molecule has 4 heteroatoms. The highest BCUT2D eigenvalue weighted by molar-refractivity contribution is 5.87. The van der Waals surface area contributed by atoms with Gasteiger partial charge in [-0.2, -0.15) is 0 Å². The second kappa shape index (κ2) is 6.96. The fraction of sp³-hybridized carbons (Fsp3) is 0.0370. The van der Waals surface area contributed by atoms with E-state index in [2.05, 4.69) is 83.6 Å². The molecule has 5 heterocycles. The molecule has 3 aromatic heterocycles. The number of hydrogen-bond acceptors (Lipinski definition) is 2. The van der Waals surface area contributed by atoms with Crippen molar-refractivity contribution in [3.05, 3.63) is 95.1 Å². The normalized spacial score (nSPS) is 12.4. The lowest BCUT2D eigenvalue weighted by molar-refractivity contribution is 1.31. The second-order valence-corrected chi connectivity index (χ2v) is 7.95. The first-order chi connectivity index (χ1) is 15.2. The van der Waals surface area contributed by atoms with Crippen LogP contribution in [0.4, 0.5) is 0 Å². The van der Waals surface area contributed by atoms with Gasteiger partial charge in [-0.15, -0.1) is 0 Å². The summed E-state index contributed by atoms with van der Waals surface area (Å²) in [6, 6.07) is 23.2. The number of H-pyrrole nitrogens is 2. The van der Waals surface area contributed by atoms with E-state index in [1.54, 1.807) is 0 Å². The van der Waals surface area contributed by atoms with Gasteiger partial charge >= 0.3 is 0 Å². The average Bonchev–Trinajstić information content (AvgIpc) is 3.54. The Morgan fingerprint density at radius 2 is 1.10 bits per heavy atom. The Kier molecular flexibility index (Phi) is 3.96. The monoisotopic (exact) mass is 400 g/mol. The number of nitrogens with zero attached hydrogens (tertiary/aromatic N) is 2. The molecular weight excluding hydrogens is 380 g/mol. The molecule has 8 bridgehead atoms. The molecule has 4 aromatic rings. The molecule has 1 aromatic carbocycles. The molecule has 31 heavy (non-hydrogen) atoms. The molecule has 6 rings (SSSR count). The van der Waals surface area contributed by atoms with E-state index in [4.69, 9.17) is 9.97 Å². The first-order valence-electron chi connectivity index (χ1n) is 10.3. The van der Waals surface area contributed by atoms with Crippen molar-refractivity contribution in [3.63, 3.8) is 0 Å². The van der Waals surface area contributed by atoms with Gasteiger partial charge in [0.1, 0.15) is 0 Å². The number of nitrogens with one attached hydrogen (secondary N) is 2. The standard InChI is InChI=1S/C27H20N4/c1-17-2-4-18(5-3-17)26-15-25-14-23-9-8-21(29-23)12-19-6-7-20(28-19)13-22-10-11-24(30-22)16-27(26)31-25/h2-16,28,31H,1H3. The molecule has 2 aliphatic rings. The van der Waals surface area contributed by atoms with Crippen LogP contribution in [-0.4, -0.2) is 19.9 Å². The first-order valence-corrected chi connectivity index (χ1v) is 10.3. The SMILES string of the molecule is Cc1ccc(-c2cc3cc4nc(cc5ccc(cc6nc(cc2[nH]3)C=C6)[nH]5)C=C4)cc1. The van der Waals surface area contributed by atoms with Gasteiger partial charge in [0, 0.05) is 27.6 Å². The largest absolute Gasteiger partial charge is 0.355 e. The van der Waals surface area contributed by atoms with Crippen molar-refractivity contribution in [1.29, 1.82) is 0 Å². The number of rotatable bonds is 1. The maximum absolute atomic E-state index is 4.78. The Balaban J connectivity index is 1.67. The van der Waals surface area contributed by atoms with E-state index < -0.39 is 0 Å². The molecule has 0 atom stereocenters. The molecule has 0 saturated heterocycles. The van der Waals surface area contributed by atoms with Crippen LogP contribution in [0.3, 0.4) is 0 Å². The highest BCUT2D eigenvalue weighted by Crippen LogP contribution is 2.28. The van der Waals surface area contributed by atoms with Gasteiger partial charge in [-0.25, -0.2) is 9.97 Å². The molecule has 0 radical (unpaired) electrons. The molecule has 0 aliphatic carbocycles. The van der Waals surface area contributed by atoms with E-state index >= 15 is 0 Å². The van der Waals surface area contributed by atoms with Crippen molar-refractivity contribution in [2.45, 2.75) is 6.92 Å². The quantitative estimate of drug-likeness (QED) is 0.325. The van der Waals surface area contributed by atoms with E-state index in [0.717, 1.165) is 50.4 Å². The Labute approximate surface area is 179 Å². The number of benzene rings is 1. The highest BCUT2D eigenvalue weighted by Gasteiger charge is 2.07. The molecule has 2 N–H and O–H groups in total. The smallest absolute Gasteiger partial charge is 0.0658 e. The van der Waals surface area contributed by atoms with E-state index in [1.165, 1.54) is 11.1 Å². The number of fused-ring (bicyclic) bond motifs is 8. The van der Waals surface area contributed by atoms with Crippen LogP contribution >= 0.6 is 0 Å². The van der Waals surface area contributed by atoms with E-state index in [0.29, 0.717) is 0 Å². The third-order valence-electron chi connectivity index (χ3n) is 5.53. The zero-order valence-corrected chi connectivity index (χ0v) is 17.1. The van der Waals surface area contributed by atoms with Gasteiger partial charge in [0.2, 0.25) is 0 Å². The third kappa shape index (κ3) is 3.49. The zero-order chi connectivity index (χ0) is 20.8. The predicted octanol–water partition coefficient (Wildman–Crippen LogP) is 6.63. The van der Waals surface area contributed by atoms with E-state index in [1.807, 2.05) is 24.3 Å². The summed E-state index contributed by atoms with van der Waals surface area (Å²) < 4.78 is 0. The summed E-state index contributed by atoms with van der Waals surface area (Å²) in [5.41, 5.74) is 11.4. The average molecular weight is 400 g/mol. The lowest BCUT2D eigenvalue weighted by Crippen LogP contribution is -1.78. The second-order valence-electron chi connectivity index (χ2n) is 7.95. The maximum Gasteiger partial charge on any atom is 0.0658 e. The van der Waals surface area contributed by atoms with Gasteiger partial charge in [0.05, 0.1) is 22.8 Å². The van der Waals surface area contributed by atoms with Crippen molar-refractivity contribution >= 4 is 46.4 Å². The van der Waals surface area contributed by atoms with E-state index in [-0.39, 0.29) is 0 Å². The Morgan fingerprint density at radius 1 is 0.548 bits per heavy atom. The number of aryl methyl sites for hydroxylation is 1. The topological polar surface area (TPSA) is 57.4 Å². The minimum atomic E-state index is 0.923. The fourth-order valence-electron chi connectivity index (χ4n) is 3.99. The van der Waals surface area contributed by atoms with Crippen LogP contribution in [0.15, 0.2) is 66.7 Å². The van der Waals surface area contributed by atoms with Crippen LogP contribution in [0.1, 0.15) is 28.3 Å². The molecule has 0 unspecified atom stereocenters. The summed E-state index contributed by atoms with van der Waals surface area (Å²) in [6.07, 6.45) is 8.17.